The van der Waals surface area contributed by atoms with Gasteiger partial charge in [-0.15, -0.1) is 0 Å². The molecule has 0 aromatic heterocycles. The number of hydrogen-bond acceptors (Lipinski definition) is 1. The maximum absolute atomic E-state index is 13.7. The summed E-state index contributed by atoms with van der Waals surface area (Å²) in [6.07, 6.45) is 4.53. The van der Waals surface area contributed by atoms with Gasteiger partial charge in [-0.3, -0.25) is 0 Å². The van der Waals surface area contributed by atoms with Gasteiger partial charge in [0.2, 0.25) is 0 Å². The van der Waals surface area contributed by atoms with Gasteiger partial charge in [0.15, 0.2) is 0 Å². The van der Waals surface area contributed by atoms with Gasteiger partial charge in [-0.1, -0.05) is 51.8 Å². The van der Waals surface area contributed by atoms with E-state index in [-0.39, 0.29) is 5.82 Å². The van der Waals surface area contributed by atoms with Crippen molar-refractivity contribution >= 4 is 0 Å². The lowest BCUT2D eigenvalue weighted by Gasteiger charge is -2.18. The van der Waals surface area contributed by atoms with Crippen molar-refractivity contribution < 1.29 is 4.39 Å². The van der Waals surface area contributed by atoms with E-state index >= 15 is 0 Å². The molecule has 0 saturated carbocycles. The van der Waals surface area contributed by atoms with Gasteiger partial charge in [-0.05, 0) is 49.4 Å². The zero-order valence-electron chi connectivity index (χ0n) is 12.6. The summed E-state index contributed by atoms with van der Waals surface area (Å²) in [6, 6.07) is 7.16. The highest BCUT2D eigenvalue weighted by molar-refractivity contribution is 5.17. The van der Waals surface area contributed by atoms with Crippen molar-refractivity contribution in [3.05, 3.63) is 35.6 Å². The van der Waals surface area contributed by atoms with Gasteiger partial charge in [-0.2, -0.15) is 0 Å². The van der Waals surface area contributed by atoms with Gasteiger partial charge in [0.1, 0.15) is 5.82 Å². The molecule has 0 aliphatic carbocycles. The summed E-state index contributed by atoms with van der Waals surface area (Å²) in [7, 11) is 0. The molecule has 0 saturated heterocycles. The summed E-state index contributed by atoms with van der Waals surface area (Å²) in [5.74, 6) is 1.23. The Kier molecular flexibility index (Phi) is 7.73. The number of nitrogens with one attached hydrogen (secondary N) is 1. The average Bonchev–Trinajstić information content (AvgIpc) is 2.37. The van der Waals surface area contributed by atoms with Crippen LogP contribution in [0.4, 0.5) is 4.39 Å². The maximum atomic E-state index is 13.7. The molecule has 1 nitrogen and oxygen atoms in total. The molecule has 1 aromatic carbocycles. The first-order chi connectivity index (χ1) is 9.13. The third kappa shape index (κ3) is 6.72. The third-order valence-corrected chi connectivity index (χ3v) is 3.54. The van der Waals surface area contributed by atoms with E-state index in [0.717, 1.165) is 31.0 Å². The fourth-order valence-electron chi connectivity index (χ4n) is 2.41. The Morgan fingerprint density at radius 3 is 2.53 bits per heavy atom. The lowest BCUT2D eigenvalue weighted by molar-refractivity contribution is 0.405. The highest BCUT2D eigenvalue weighted by atomic mass is 19.1. The van der Waals surface area contributed by atoms with Crippen molar-refractivity contribution in [3.63, 3.8) is 0 Å². The number of hydrogen-bond donors (Lipinski definition) is 1. The zero-order valence-corrected chi connectivity index (χ0v) is 12.6. The topological polar surface area (TPSA) is 12.0 Å². The number of benzene rings is 1. The van der Waals surface area contributed by atoms with E-state index < -0.39 is 0 Å². The minimum Gasteiger partial charge on any atom is -0.317 e. The van der Waals surface area contributed by atoms with Gasteiger partial charge < -0.3 is 5.32 Å². The van der Waals surface area contributed by atoms with Gasteiger partial charge in [0.05, 0.1) is 0 Å². The molecule has 1 N–H and O–H groups in total. The van der Waals surface area contributed by atoms with Gasteiger partial charge >= 0.3 is 0 Å². The van der Waals surface area contributed by atoms with Gasteiger partial charge in [0, 0.05) is 0 Å². The molecule has 0 aliphatic rings. The summed E-state index contributed by atoms with van der Waals surface area (Å²) in [4.78, 5) is 0. The Hall–Kier alpha value is -0.890. The molecular weight excluding hydrogens is 237 g/mol. The van der Waals surface area contributed by atoms with Crippen LogP contribution >= 0.6 is 0 Å². The molecule has 108 valence electrons. The van der Waals surface area contributed by atoms with Crippen LogP contribution in [0.25, 0.3) is 0 Å². The Balaban J connectivity index is 2.51. The molecule has 0 aliphatic heterocycles. The fourth-order valence-corrected chi connectivity index (χ4v) is 2.41. The fraction of sp³-hybridized carbons (Fsp3) is 0.647. The van der Waals surface area contributed by atoms with Crippen LogP contribution < -0.4 is 5.32 Å². The quantitative estimate of drug-likeness (QED) is 0.697. The first kappa shape index (κ1) is 16.2. The summed E-state index contributed by atoms with van der Waals surface area (Å²) in [5, 5.41) is 3.40. The second kappa shape index (κ2) is 9.08. The molecule has 0 fully saturated rings. The number of rotatable bonds is 9. The lowest BCUT2D eigenvalue weighted by atomic mass is 9.92. The van der Waals surface area contributed by atoms with E-state index in [0.29, 0.717) is 5.92 Å². The summed E-state index contributed by atoms with van der Waals surface area (Å²) >= 11 is 0. The van der Waals surface area contributed by atoms with E-state index in [9.17, 15) is 4.39 Å². The highest BCUT2D eigenvalue weighted by Gasteiger charge is 2.12. The Morgan fingerprint density at radius 1 is 1.16 bits per heavy atom. The molecule has 1 aromatic rings. The first-order valence-electron chi connectivity index (χ1n) is 7.57. The summed E-state index contributed by atoms with van der Waals surface area (Å²) in [6.45, 7) is 8.61. The van der Waals surface area contributed by atoms with Gasteiger partial charge in [0.25, 0.3) is 0 Å². The molecule has 0 amide bonds. The summed E-state index contributed by atoms with van der Waals surface area (Å²) in [5.41, 5.74) is 0.856. The molecule has 2 heteroatoms. The normalized spacial score (nSPS) is 12.9. The second-order valence-corrected chi connectivity index (χ2v) is 5.79. The van der Waals surface area contributed by atoms with E-state index in [4.69, 9.17) is 0 Å². The highest BCUT2D eigenvalue weighted by Crippen LogP contribution is 2.18. The molecule has 0 heterocycles. The predicted octanol–water partition coefficient (Wildman–Crippen LogP) is 4.42. The van der Waals surface area contributed by atoms with Crippen molar-refractivity contribution in [2.75, 3.05) is 13.1 Å². The maximum Gasteiger partial charge on any atom is 0.126 e. The van der Waals surface area contributed by atoms with Crippen molar-refractivity contribution in [1.82, 2.24) is 5.32 Å². The van der Waals surface area contributed by atoms with E-state index in [1.54, 1.807) is 12.1 Å². The predicted molar refractivity (Wildman–Crippen MR) is 80.8 cm³/mol. The van der Waals surface area contributed by atoms with Crippen LogP contribution in [0.5, 0.6) is 0 Å². The molecule has 0 radical (unpaired) electrons. The molecule has 1 atom stereocenters. The van der Waals surface area contributed by atoms with E-state index in [1.165, 1.54) is 19.3 Å². The van der Waals surface area contributed by atoms with Crippen molar-refractivity contribution in [2.45, 2.75) is 46.5 Å². The van der Waals surface area contributed by atoms with Crippen molar-refractivity contribution in [3.8, 4) is 0 Å². The SMILES string of the molecule is CCNCC(CCCC(C)C)Cc1ccccc1F. The Bertz CT molecular complexity index is 349. The third-order valence-electron chi connectivity index (χ3n) is 3.54. The first-order valence-corrected chi connectivity index (χ1v) is 7.57. The lowest BCUT2D eigenvalue weighted by Crippen LogP contribution is -2.24. The van der Waals surface area contributed by atoms with Crippen molar-refractivity contribution in [2.24, 2.45) is 11.8 Å². The van der Waals surface area contributed by atoms with Crippen LogP contribution in [0.3, 0.4) is 0 Å². The molecule has 1 unspecified atom stereocenters. The van der Waals surface area contributed by atoms with E-state index in [2.05, 4.69) is 26.1 Å². The van der Waals surface area contributed by atoms with Crippen LogP contribution in [0, 0.1) is 17.7 Å². The van der Waals surface area contributed by atoms with Gasteiger partial charge in [-0.25, -0.2) is 4.39 Å². The molecule has 0 spiro atoms. The molecular formula is C17H28FN. The Labute approximate surface area is 117 Å². The second-order valence-electron chi connectivity index (χ2n) is 5.79. The molecule has 0 bridgehead atoms. The Morgan fingerprint density at radius 2 is 1.89 bits per heavy atom. The molecule has 1 rings (SSSR count). The van der Waals surface area contributed by atoms with Crippen molar-refractivity contribution in [1.29, 1.82) is 0 Å². The smallest absolute Gasteiger partial charge is 0.126 e. The van der Waals surface area contributed by atoms with Crippen LogP contribution in [0.2, 0.25) is 0 Å². The van der Waals surface area contributed by atoms with E-state index in [1.807, 2.05) is 12.1 Å². The number of halogens is 1. The zero-order chi connectivity index (χ0) is 14.1. The minimum absolute atomic E-state index is 0.0622. The van der Waals surface area contributed by atoms with Crippen LogP contribution in [0.15, 0.2) is 24.3 Å². The molecule has 19 heavy (non-hydrogen) atoms. The largest absolute Gasteiger partial charge is 0.317 e. The van der Waals surface area contributed by atoms with Crippen LogP contribution in [0.1, 0.15) is 45.6 Å². The average molecular weight is 265 g/mol. The van der Waals surface area contributed by atoms with Crippen LogP contribution in [-0.4, -0.2) is 13.1 Å². The minimum atomic E-state index is -0.0622. The summed E-state index contributed by atoms with van der Waals surface area (Å²) < 4.78 is 13.7. The van der Waals surface area contributed by atoms with Crippen LogP contribution in [-0.2, 0) is 6.42 Å². The standard InChI is InChI=1S/C17H28FN/c1-4-19-13-15(9-7-8-14(2)3)12-16-10-5-6-11-17(16)18/h5-6,10-11,14-15,19H,4,7-9,12-13H2,1-3H3. The monoisotopic (exact) mass is 265 g/mol.